The summed E-state index contributed by atoms with van der Waals surface area (Å²) < 4.78 is 0. The predicted molar refractivity (Wildman–Crippen MR) is 83.0 cm³/mol. The van der Waals surface area contributed by atoms with Crippen LogP contribution in [0.4, 0.5) is 5.82 Å². The third-order valence-electron chi connectivity index (χ3n) is 2.65. The number of nitrogens with zero attached hydrogens (tertiary/aromatic N) is 1. The Kier molecular flexibility index (Phi) is 5.67. The van der Waals surface area contributed by atoms with E-state index in [0.717, 1.165) is 24.0 Å². The lowest BCUT2D eigenvalue weighted by molar-refractivity contribution is 0.959. The van der Waals surface area contributed by atoms with E-state index in [0.29, 0.717) is 17.1 Å². The highest BCUT2D eigenvalue weighted by molar-refractivity contribution is 5.78. The summed E-state index contributed by atoms with van der Waals surface area (Å²) in [4.78, 5) is 4.17. The average molecular weight is 258 g/mol. The van der Waals surface area contributed by atoms with Crippen molar-refractivity contribution in [2.45, 2.75) is 19.8 Å². The molecule has 19 heavy (non-hydrogen) atoms. The van der Waals surface area contributed by atoms with Crippen molar-refractivity contribution in [2.75, 3.05) is 12.8 Å². The highest BCUT2D eigenvalue weighted by atomic mass is 14.8. The van der Waals surface area contributed by atoms with Crippen LogP contribution in [0.15, 0.2) is 37.2 Å². The Hall–Kier alpha value is -2.23. The van der Waals surface area contributed by atoms with Crippen LogP contribution in [0.3, 0.4) is 0 Å². The minimum Gasteiger partial charge on any atom is -0.399 e. The molecule has 1 aromatic rings. The van der Waals surface area contributed by atoms with Crippen LogP contribution >= 0.6 is 0 Å². The second-order valence-corrected chi connectivity index (χ2v) is 4.26. The molecule has 0 aliphatic heterocycles. The minimum atomic E-state index is 0.401. The Morgan fingerprint density at radius 2 is 2.26 bits per heavy atom. The van der Waals surface area contributed by atoms with Gasteiger partial charge in [-0.1, -0.05) is 32.1 Å². The molecular weight excluding hydrogens is 236 g/mol. The highest BCUT2D eigenvalue weighted by Gasteiger charge is 2.06. The van der Waals surface area contributed by atoms with Crippen LogP contribution in [-0.4, -0.2) is 12.0 Å². The van der Waals surface area contributed by atoms with Gasteiger partial charge in [-0.15, -0.1) is 0 Å². The SMILES string of the molecule is C=C(N)c1cc(C(/C=C/CCC)=C/NC)cnc1N. The van der Waals surface area contributed by atoms with Gasteiger partial charge in [0.05, 0.1) is 0 Å². The molecule has 0 unspecified atom stereocenters. The van der Waals surface area contributed by atoms with Crippen molar-refractivity contribution in [3.8, 4) is 0 Å². The summed E-state index contributed by atoms with van der Waals surface area (Å²) >= 11 is 0. The Labute approximate surface area is 114 Å². The Morgan fingerprint density at radius 1 is 1.53 bits per heavy atom. The second kappa shape index (κ2) is 7.26. The summed E-state index contributed by atoms with van der Waals surface area (Å²) in [5.41, 5.74) is 14.6. The Bertz CT molecular complexity index is 501. The number of hydrogen-bond acceptors (Lipinski definition) is 4. The summed E-state index contributed by atoms with van der Waals surface area (Å²) in [5.74, 6) is 0.401. The maximum atomic E-state index is 5.78. The summed E-state index contributed by atoms with van der Waals surface area (Å²) in [7, 11) is 1.86. The standard InChI is InChI=1S/C15H22N4/c1-4-5-6-7-12(9-18-3)13-8-14(11(2)16)15(17)19-10-13/h6-10,18H,2,4-5,16H2,1,3H3,(H2,17,19)/b7-6+,12-9+. The molecule has 0 saturated carbocycles. The molecular formula is C15H22N4. The molecule has 0 aromatic carbocycles. The van der Waals surface area contributed by atoms with E-state index in [1.165, 1.54) is 0 Å². The topological polar surface area (TPSA) is 77.0 Å². The van der Waals surface area contributed by atoms with E-state index in [1.54, 1.807) is 6.20 Å². The van der Waals surface area contributed by atoms with Crippen LogP contribution < -0.4 is 16.8 Å². The van der Waals surface area contributed by atoms with E-state index in [4.69, 9.17) is 11.5 Å². The number of pyridine rings is 1. The van der Waals surface area contributed by atoms with Crippen LogP contribution in [0.2, 0.25) is 0 Å². The predicted octanol–water partition coefficient (Wildman–Crippen LogP) is 2.51. The molecule has 5 N–H and O–H groups in total. The maximum absolute atomic E-state index is 5.78. The first-order valence-corrected chi connectivity index (χ1v) is 6.34. The van der Waals surface area contributed by atoms with Crippen molar-refractivity contribution in [3.63, 3.8) is 0 Å². The lowest BCUT2D eigenvalue weighted by Gasteiger charge is -2.08. The van der Waals surface area contributed by atoms with Crippen molar-refractivity contribution in [1.29, 1.82) is 0 Å². The van der Waals surface area contributed by atoms with E-state index in [9.17, 15) is 0 Å². The first-order valence-electron chi connectivity index (χ1n) is 6.34. The van der Waals surface area contributed by atoms with Gasteiger partial charge in [-0.2, -0.15) is 0 Å². The molecule has 0 atom stereocenters. The van der Waals surface area contributed by atoms with E-state index in [-0.39, 0.29) is 0 Å². The van der Waals surface area contributed by atoms with E-state index >= 15 is 0 Å². The van der Waals surface area contributed by atoms with Crippen molar-refractivity contribution in [2.24, 2.45) is 5.73 Å². The van der Waals surface area contributed by atoms with Crippen LogP contribution in [-0.2, 0) is 0 Å². The van der Waals surface area contributed by atoms with Gasteiger partial charge in [0.15, 0.2) is 0 Å². The molecule has 0 aliphatic carbocycles. The van der Waals surface area contributed by atoms with Crippen molar-refractivity contribution < 1.29 is 0 Å². The van der Waals surface area contributed by atoms with Gasteiger partial charge in [0.25, 0.3) is 0 Å². The van der Waals surface area contributed by atoms with E-state index in [2.05, 4.69) is 36.0 Å². The number of aromatic nitrogens is 1. The average Bonchev–Trinajstić information content (AvgIpc) is 2.38. The maximum Gasteiger partial charge on any atom is 0.132 e. The van der Waals surface area contributed by atoms with Gasteiger partial charge in [-0.3, -0.25) is 0 Å². The third kappa shape index (κ3) is 4.17. The number of rotatable bonds is 6. The summed E-state index contributed by atoms with van der Waals surface area (Å²) in [6.07, 6.45) is 10.0. The molecule has 102 valence electrons. The van der Waals surface area contributed by atoms with Gasteiger partial charge in [0.1, 0.15) is 5.82 Å². The fraction of sp³-hybridized carbons (Fsp3) is 0.267. The smallest absolute Gasteiger partial charge is 0.132 e. The molecule has 0 spiro atoms. The molecule has 0 fully saturated rings. The number of nitrogen functional groups attached to an aromatic ring is 1. The molecule has 4 nitrogen and oxygen atoms in total. The number of nitrogens with one attached hydrogen (secondary N) is 1. The van der Waals surface area contributed by atoms with Crippen molar-refractivity contribution in [1.82, 2.24) is 10.3 Å². The zero-order valence-electron chi connectivity index (χ0n) is 11.6. The normalized spacial score (nSPS) is 11.8. The summed E-state index contributed by atoms with van der Waals surface area (Å²) in [6.45, 7) is 5.86. The van der Waals surface area contributed by atoms with Crippen LogP contribution in [0.5, 0.6) is 0 Å². The molecule has 4 heteroatoms. The lowest BCUT2D eigenvalue weighted by Crippen LogP contribution is -2.03. The fourth-order valence-corrected chi connectivity index (χ4v) is 1.65. The van der Waals surface area contributed by atoms with Crippen LogP contribution in [0.1, 0.15) is 30.9 Å². The molecule has 0 aliphatic rings. The molecule has 0 saturated heterocycles. The van der Waals surface area contributed by atoms with Gasteiger partial charge in [0.2, 0.25) is 0 Å². The summed E-state index contributed by atoms with van der Waals surface area (Å²) in [6, 6.07) is 1.91. The zero-order chi connectivity index (χ0) is 14.3. The largest absolute Gasteiger partial charge is 0.399 e. The third-order valence-corrected chi connectivity index (χ3v) is 2.65. The van der Waals surface area contributed by atoms with Gasteiger partial charge >= 0.3 is 0 Å². The first kappa shape index (κ1) is 14.8. The molecule has 0 radical (unpaired) electrons. The molecule has 1 rings (SSSR count). The Morgan fingerprint density at radius 3 is 2.84 bits per heavy atom. The number of anilines is 1. The molecule has 0 amide bonds. The molecule has 1 aromatic heterocycles. The van der Waals surface area contributed by atoms with Gasteiger partial charge in [-0.25, -0.2) is 4.98 Å². The van der Waals surface area contributed by atoms with Gasteiger partial charge in [-0.05, 0) is 18.1 Å². The quantitative estimate of drug-likeness (QED) is 0.685. The van der Waals surface area contributed by atoms with E-state index in [1.807, 2.05) is 19.3 Å². The zero-order valence-corrected chi connectivity index (χ0v) is 11.6. The monoisotopic (exact) mass is 258 g/mol. The van der Waals surface area contributed by atoms with E-state index < -0.39 is 0 Å². The van der Waals surface area contributed by atoms with Crippen LogP contribution in [0.25, 0.3) is 11.3 Å². The summed E-state index contributed by atoms with van der Waals surface area (Å²) in [5, 5.41) is 3.03. The molecule has 0 bridgehead atoms. The second-order valence-electron chi connectivity index (χ2n) is 4.26. The number of nitrogens with two attached hydrogens (primary N) is 2. The number of unbranched alkanes of at least 4 members (excludes halogenated alkanes) is 1. The highest BCUT2D eigenvalue weighted by Crippen LogP contribution is 2.21. The van der Waals surface area contributed by atoms with Gasteiger partial charge < -0.3 is 16.8 Å². The van der Waals surface area contributed by atoms with Crippen molar-refractivity contribution >= 4 is 17.1 Å². The first-order chi connectivity index (χ1) is 9.10. The minimum absolute atomic E-state index is 0.401. The molecule has 1 heterocycles. The van der Waals surface area contributed by atoms with Crippen molar-refractivity contribution in [3.05, 3.63) is 48.3 Å². The number of allylic oxidation sites excluding steroid dienone is 3. The van der Waals surface area contributed by atoms with Crippen LogP contribution in [0, 0.1) is 0 Å². The number of hydrogen-bond donors (Lipinski definition) is 3. The van der Waals surface area contributed by atoms with Gasteiger partial charge in [0, 0.05) is 36.3 Å². The lowest BCUT2D eigenvalue weighted by atomic mass is 10.0. The Balaban J connectivity index is 3.13. The fourth-order valence-electron chi connectivity index (χ4n) is 1.65.